The quantitative estimate of drug-likeness (QED) is 0.177. The van der Waals surface area contributed by atoms with E-state index in [1.807, 2.05) is 66.7 Å². The molecular formula is C36H31ClN4O4S2. The summed E-state index contributed by atoms with van der Waals surface area (Å²) in [5.74, 6) is -2.30. The fourth-order valence-corrected chi connectivity index (χ4v) is 9.45. The van der Waals surface area contributed by atoms with Crippen LogP contribution in [0.4, 0.5) is 17.1 Å². The van der Waals surface area contributed by atoms with Gasteiger partial charge in [-0.1, -0.05) is 77.2 Å². The first-order chi connectivity index (χ1) is 22.8. The zero-order valence-electron chi connectivity index (χ0n) is 25.7. The number of carbonyl (C=O) groups is 3. The van der Waals surface area contributed by atoms with Gasteiger partial charge >= 0.3 is 4.87 Å². The van der Waals surface area contributed by atoms with E-state index in [1.54, 1.807) is 24.3 Å². The first kappa shape index (κ1) is 31.2. The van der Waals surface area contributed by atoms with Crippen LogP contribution in [-0.4, -0.2) is 40.6 Å². The zero-order valence-corrected chi connectivity index (χ0v) is 28.1. The normalized spacial score (nSPS) is 18.7. The van der Waals surface area contributed by atoms with Gasteiger partial charge in [-0.3, -0.25) is 23.7 Å². The van der Waals surface area contributed by atoms with E-state index >= 15 is 0 Å². The Hall–Kier alpha value is -4.38. The average Bonchev–Trinajstić information content (AvgIpc) is 3.52. The lowest BCUT2D eigenvalue weighted by atomic mass is 9.83. The van der Waals surface area contributed by atoms with E-state index in [4.69, 9.17) is 11.6 Å². The van der Waals surface area contributed by atoms with Gasteiger partial charge in [-0.05, 0) is 78.7 Å². The zero-order chi connectivity index (χ0) is 32.8. The number of halogens is 1. The van der Waals surface area contributed by atoms with E-state index in [2.05, 4.69) is 24.1 Å². The fraction of sp³-hybridized carbons (Fsp3) is 0.222. The van der Waals surface area contributed by atoms with Crippen LogP contribution in [0.25, 0.3) is 10.8 Å². The van der Waals surface area contributed by atoms with Crippen molar-refractivity contribution in [2.45, 2.75) is 36.6 Å². The molecule has 0 aliphatic carbocycles. The van der Waals surface area contributed by atoms with Gasteiger partial charge in [-0.15, -0.1) is 0 Å². The van der Waals surface area contributed by atoms with Crippen molar-refractivity contribution in [2.75, 3.05) is 28.2 Å². The second-order valence-electron chi connectivity index (χ2n) is 11.5. The third-order valence-corrected chi connectivity index (χ3v) is 11.7. The monoisotopic (exact) mass is 682 g/mol. The minimum absolute atomic E-state index is 0.224. The van der Waals surface area contributed by atoms with E-state index in [0.717, 1.165) is 46.4 Å². The number of amides is 3. The molecule has 0 radical (unpaired) electrons. The van der Waals surface area contributed by atoms with Gasteiger partial charge in [-0.25, -0.2) is 4.90 Å². The predicted octanol–water partition coefficient (Wildman–Crippen LogP) is 7.00. The summed E-state index contributed by atoms with van der Waals surface area (Å²) in [5.41, 5.74) is 2.96. The van der Waals surface area contributed by atoms with Gasteiger partial charge in [-0.2, -0.15) is 0 Å². The van der Waals surface area contributed by atoms with E-state index in [9.17, 15) is 19.2 Å². The molecule has 11 heteroatoms. The van der Waals surface area contributed by atoms with Crippen LogP contribution in [0.3, 0.4) is 0 Å². The van der Waals surface area contributed by atoms with Crippen LogP contribution in [0, 0.1) is 5.92 Å². The molecule has 2 aliphatic heterocycles. The van der Waals surface area contributed by atoms with Crippen LogP contribution in [0.15, 0.2) is 101 Å². The van der Waals surface area contributed by atoms with Gasteiger partial charge in [0.2, 0.25) is 17.7 Å². The molecule has 2 aliphatic rings. The molecule has 47 heavy (non-hydrogen) atoms. The van der Waals surface area contributed by atoms with Crippen molar-refractivity contribution in [3.05, 3.63) is 116 Å². The number of anilines is 3. The second-order valence-corrected chi connectivity index (χ2v) is 14.1. The van der Waals surface area contributed by atoms with Crippen molar-refractivity contribution in [3.63, 3.8) is 0 Å². The topological polar surface area (TPSA) is 91.7 Å². The molecule has 3 atom stereocenters. The number of thioether (sulfide) groups is 1. The van der Waals surface area contributed by atoms with Gasteiger partial charge in [0.15, 0.2) is 0 Å². The molecule has 1 N–H and O–H groups in total. The SMILES string of the molecule is CCN(CC)c1ccc(C2c3sc(=O)n(CC(=O)Nc4ccc5ccccc5c4)c3SC3C(=O)N(c4ccc(Cl)cc4)C(=O)C32)cc1. The van der Waals surface area contributed by atoms with Crippen molar-refractivity contribution in [1.82, 2.24) is 4.57 Å². The molecule has 3 unspecified atom stereocenters. The Balaban J connectivity index is 1.26. The molecule has 5 aromatic rings. The van der Waals surface area contributed by atoms with Crippen molar-refractivity contribution in [3.8, 4) is 0 Å². The summed E-state index contributed by atoms with van der Waals surface area (Å²) in [6.07, 6.45) is 0. The van der Waals surface area contributed by atoms with E-state index in [0.29, 0.717) is 26.3 Å². The number of thiazole rings is 1. The van der Waals surface area contributed by atoms with Crippen LogP contribution in [-0.2, 0) is 20.9 Å². The lowest BCUT2D eigenvalue weighted by Crippen LogP contribution is -2.33. The van der Waals surface area contributed by atoms with Crippen molar-refractivity contribution < 1.29 is 14.4 Å². The second kappa shape index (κ2) is 12.7. The Kier molecular flexibility index (Phi) is 8.42. The third kappa shape index (κ3) is 5.64. The number of hydrogen-bond acceptors (Lipinski definition) is 7. The summed E-state index contributed by atoms with van der Waals surface area (Å²) in [7, 11) is 0. The summed E-state index contributed by atoms with van der Waals surface area (Å²) < 4.78 is 1.44. The number of nitrogens with zero attached hydrogens (tertiary/aromatic N) is 3. The number of aromatic nitrogens is 1. The minimum Gasteiger partial charge on any atom is -0.372 e. The molecule has 0 spiro atoms. The number of hydrogen-bond donors (Lipinski definition) is 1. The highest BCUT2D eigenvalue weighted by Crippen LogP contribution is 2.54. The molecule has 7 rings (SSSR count). The Morgan fingerprint density at radius 3 is 2.28 bits per heavy atom. The van der Waals surface area contributed by atoms with Gasteiger partial charge in [0, 0.05) is 40.3 Å². The highest BCUT2D eigenvalue weighted by Gasteiger charge is 2.56. The maximum Gasteiger partial charge on any atom is 0.308 e. The lowest BCUT2D eigenvalue weighted by Gasteiger charge is -2.31. The third-order valence-electron chi connectivity index (χ3n) is 8.85. The Morgan fingerprint density at radius 1 is 0.872 bits per heavy atom. The summed E-state index contributed by atoms with van der Waals surface area (Å²) >= 11 is 8.35. The van der Waals surface area contributed by atoms with Crippen molar-refractivity contribution in [1.29, 1.82) is 0 Å². The highest BCUT2D eigenvalue weighted by atomic mass is 35.5. The van der Waals surface area contributed by atoms with Crippen LogP contribution >= 0.6 is 34.7 Å². The summed E-state index contributed by atoms with van der Waals surface area (Å²) in [6.45, 7) is 5.66. The minimum atomic E-state index is -0.776. The fourth-order valence-electron chi connectivity index (χ4n) is 6.55. The smallest absolute Gasteiger partial charge is 0.308 e. The van der Waals surface area contributed by atoms with Crippen LogP contribution in [0.1, 0.15) is 30.2 Å². The van der Waals surface area contributed by atoms with Crippen LogP contribution in [0.2, 0.25) is 5.02 Å². The highest BCUT2D eigenvalue weighted by molar-refractivity contribution is 8.00. The molecule has 3 heterocycles. The Labute approximate surface area is 284 Å². The van der Waals surface area contributed by atoms with Crippen LogP contribution < -0.4 is 20.0 Å². The number of benzene rings is 4. The molecule has 8 nitrogen and oxygen atoms in total. The van der Waals surface area contributed by atoms with E-state index in [-0.39, 0.29) is 29.1 Å². The number of rotatable bonds is 8. The van der Waals surface area contributed by atoms with E-state index < -0.39 is 17.1 Å². The Bertz CT molecular complexity index is 2070. The van der Waals surface area contributed by atoms with E-state index in [1.165, 1.54) is 21.2 Å². The summed E-state index contributed by atoms with van der Waals surface area (Å²) in [5, 5.41) is 5.24. The standard InChI is InChI=1S/C36H31ClN4O4S2/c1-3-39(4-2)26-15-10-22(11-16-26)29-30-31(34(44)41(33(30)43)27-17-12-24(37)13-18-27)46-35-32(29)47-36(45)40(35)20-28(42)38-25-14-9-21-7-5-6-8-23(21)19-25/h5-19,29-31H,3-4,20H2,1-2H3,(H,38,42). The Morgan fingerprint density at radius 2 is 1.57 bits per heavy atom. The first-order valence-electron chi connectivity index (χ1n) is 15.4. The van der Waals surface area contributed by atoms with Gasteiger partial charge in [0.05, 0.1) is 16.6 Å². The predicted molar refractivity (Wildman–Crippen MR) is 190 cm³/mol. The molecule has 4 aromatic carbocycles. The van der Waals surface area contributed by atoms with Gasteiger partial charge < -0.3 is 10.2 Å². The summed E-state index contributed by atoms with van der Waals surface area (Å²) in [6, 6.07) is 28.2. The lowest BCUT2D eigenvalue weighted by molar-refractivity contribution is -0.122. The molecular weight excluding hydrogens is 652 g/mol. The van der Waals surface area contributed by atoms with Gasteiger partial charge in [0.25, 0.3) is 0 Å². The molecule has 0 bridgehead atoms. The number of fused-ring (bicyclic) bond motifs is 3. The summed E-state index contributed by atoms with van der Waals surface area (Å²) in [4.78, 5) is 58.9. The molecule has 1 aromatic heterocycles. The maximum absolute atomic E-state index is 14.2. The number of imide groups is 1. The average molecular weight is 683 g/mol. The van der Waals surface area contributed by atoms with Gasteiger partial charge in [0.1, 0.15) is 11.8 Å². The number of carbonyl (C=O) groups excluding carboxylic acids is 3. The molecule has 3 amide bonds. The largest absolute Gasteiger partial charge is 0.372 e. The van der Waals surface area contributed by atoms with Crippen molar-refractivity contribution in [2.24, 2.45) is 5.92 Å². The molecule has 1 saturated heterocycles. The first-order valence-corrected chi connectivity index (χ1v) is 17.5. The molecule has 0 saturated carbocycles. The number of nitrogens with one attached hydrogen (secondary N) is 1. The van der Waals surface area contributed by atoms with Crippen molar-refractivity contribution >= 4 is 80.3 Å². The molecule has 1 fully saturated rings. The maximum atomic E-state index is 14.2. The molecule has 238 valence electrons. The van der Waals surface area contributed by atoms with Crippen LogP contribution in [0.5, 0.6) is 0 Å².